The van der Waals surface area contributed by atoms with Crippen LogP contribution >= 0.6 is 0 Å². The molecule has 36 heavy (non-hydrogen) atoms. The molecular weight excluding hydrogens is 459 g/mol. The Morgan fingerprint density at radius 3 is 2.47 bits per heavy atom. The lowest BCUT2D eigenvalue weighted by Crippen LogP contribution is -2.32. The zero-order valence-corrected chi connectivity index (χ0v) is 19.2. The van der Waals surface area contributed by atoms with Crippen LogP contribution in [0.1, 0.15) is 12.0 Å². The van der Waals surface area contributed by atoms with Crippen LogP contribution in [-0.4, -0.2) is 38.1 Å². The van der Waals surface area contributed by atoms with Crippen molar-refractivity contribution in [3.8, 4) is 16.9 Å². The van der Waals surface area contributed by atoms with Gasteiger partial charge >= 0.3 is 0 Å². The number of anilines is 1. The van der Waals surface area contributed by atoms with Gasteiger partial charge in [-0.25, -0.2) is 14.1 Å². The highest BCUT2D eigenvalue weighted by atomic mass is 19.1. The zero-order valence-electron chi connectivity index (χ0n) is 19.2. The molecular formula is C27H23FN6O2. The molecule has 2 amide bonds. The number of hydrogen-bond acceptors (Lipinski definition) is 4. The van der Waals surface area contributed by atoms with Crippen molar-refractivity contribution in [1.82, 2.24) is 25.1 Å². The molecule has 0 fully saturated rings. The van der Waals surface area contributed by atoms with E-state index in [0.29, 0.717) is 12.1 Å². The number of halogens is 1. The first kappa shape index (κ1) is 23.0. The summed E-state index contributed by atoms with van der Waals surface area (Å²) in [7, 11) is 0. The number of nitrogens with zero attached hydrogens (tertiary/aromatic N) is 3. The number of H-pyrrole nitrogens is 1. The van der Waals surface area contributed by atoms with Gasteiger partial charge < -0.3 is 15.6 Å². The van der Waals surface area contributed by atoms with Gasteiger partial charge in [-0.1, -0.05) is 18.2 Å². The molecule has 8 nitrogen and oxygen atoms in total. The van der Waals surface area contributed by atoms with E-state index in [1.165, 1.54) is 18.5 Å². The van der Waals surface area contributed by atoms with Crippen LogP contribution < -0.4 is 10.6 Å². The van der Waals surface area contributed by atoms with Crippen molar-refractivity contribution < 1.29 is 14.0 Å². The molecule has 3 N–H and O–H groups in total. The number of hydrogen-bond donors (Lipinski definition) is 3. The molecule has 2 aromatic heterocycles. The molecule has 5 aromatic rings. The third kappa shape index (κ3) is 5.15. The minimum absolute atomic E-state index is 0.137. The van der Waals surface area contributed by atoms with Gasteiger partial charge in [-0.05, 0) is 72.1 Å². The van der Waals surface area contributed by atoms with E-state index < -0.39 is 0 Å². The molecule has 0 unspecified atom stereocenters. The average Bonchev–Trinajstić information content (AvgIpc) is 3.56. The fourth-order valence-corrected chi connectivity index (χ4v) is 4.07. The third-order valence-electron chi connectivity index (χ3n) is 5.83. The Kier molecular flexibility index (Phi) is 6.53. The predicted octanol–water partition coefficient (Wildman–Crippen LogP) is 4.24. The fourth-order valence-electron chi connectivity index (χ4n) is 4.07. The molecule has 180 valence electrons. The van der Waals surface area contributed by atoms with Gasteiger partial charge in [-0.3, -0.25) is 9.59 Å². The second-order valence-electron chi connectivity index (χ2n) is 8.24. The number of para-hydroxylation sites is 1. The normalized spacial score (nSPS) is 10.9. The maximum Gasteiger partial charge on any atom is 0.243 e. The number of aromatic amines is 1. The SMILES string of the molecule is O=C(CCc1c(-c2ccc(F)cc2)[nH]c2ccccc12)NCC(=O)Nc1ccc(-n2cncn2)cc1. The van der Waals surface area contributed by atoms with E-state index in [9.17, 15) is 14.0 Å². The van der Waals surface area contributed by atoms with Crippen molar-refractivity contribution in [1.29, 1.82) is 0 Å². The molecule has 0 aliphatic carbocycles. The molecule has 5 rings (SSSR count). The molecule has 0 saturated carbocycles. The quantitative estimate of drug-likeness (QED) is 0.308. The monoisotopic (exact) mass is 482 g/mol. The highest BCUT2D eigenvalue weighted by Gasteiger charge is 2.15. The Morgan fingerprint density at radius 2 is 1.72 bits per heavy atom. The highest BCUT2D eigenvalue weighted by molar-refractivity contribution is 5.95. The number of fused-ring (bicyclic) bond motifs is 1. The Balaban J connectivity index is 1.18. The first-order valence-corrected chi connectivity index (χ1v) is 11.4. The van der Waals surface area contributed by atoms with E-state index in [1.54, 1.807) is 35.3 Å². The van der Waals surface area contributed by atoms with Crippen LogP contribution in [0.4, 0.5) is 10.1 Å². The molecule has 9 heteroatoms. The maximum atomic E-state index is 13.4. The lowest BCUT2D eigenvalue weighted by atomic mass is 10.0. The first-order chi connectivity index (χ1) is 17.6. The summed E-state index contributed by atoms with van der Waals surface area (Å²) in [6.45, 7) is -0.137. The Morgan fingerprint density at radius 1 is 0.944 bits per heavy atom. The number of amides is 2. The van der Waals surface area contributed by atoms with Crippen LogP contribution in [0.3, 0.4) is 0 Å². The lowest BCUT2D eigenvalue weighted by Gasteiger charge is -2.09. The van der Waals surface area contributed by atoms with Crippen LogP contribution in [0, 0.1) is 5.82 Å². The maximum absolute atomic E-state index is 13.4. The van der Waals surface area contributed by atoms with Crippen LogP contribution in [0.25, 0.3) is 27.8 Å². The number of aromatic nitrogens is 4. The van der Waals surface area contributed by atoms with Crippen LogP contribution in [0.5, 0.6) is 0 Å². The zero-order chi connectivity index (χ0) is 24.9. The van der Waals surface area contributed by atoms with Crippen LogP contribution in [0.2, 0.25) is 0 Å². The van der Waals surface area contributed by atoms with Crippen molar-refractivity contribution >= 4 is 28.4 Å². The second-order valence-corrected chi connectivity index (χ2v) is 8.24. The van der Waals surface area contributed by atoms with Gasteiger partial charge in [-0.2, -0.15) is 5.10 Å². The predicted molar refractivity (Wildman–Crippen MR) is 135 cm³/mol. The van der Waals surface area contributed by atoms with E-state index in [4.69, 9.17) is 0 Å². The molecule has 2 heterocycles. The summed E-state index contributed by atoms with van der Waals surface area (Å²) >= 11 is 0. The van der Waals surface area contributed by atoms with Gasteiger partial charge in [0.25, 0.3) is 0 Å². The smallest absolute Gasteiger partial charge is 0.243 e. The van der Waals surface area contributed by atoms with E-state index >= 15 is 0 Å². The number of carbonyl (C=O) groups is 2. The van der Waals surface area contributed by atoms with Gasteiger partial charge in [0.05, 0.1) is 12.2 Å². The summed E-state index contributed by atoms with van der Waals surface area (Å²) in [4.78, 5) is 32.1. The van der Waals surface area contributed by atoms with Gasteiger partial charge in [0.2, 0.25) is 11.8 Å². The average molecular weight is 483 g/mol. The number of aryl methyl sites for hydroxylation is 1. The summed E-state index contributed by atoms with van der Waals surface area (Å²) < 4.78 is 15.0. The summed E-state index contributed by atoms with van der Waals surface area (Å²) in [6, 6.07) is 21.2. The highest BCUT2D eigenvalue weighted by Crippen LogP contribution is 2.31. The van der Waals surface area contributed by atoms with Crippen molar-refractivity contribution in [3.63, 3.8) is 0 Å². The van der Waals surface area contributed by atoms with Crippen molar-refractivity contribution in [2.24, 2.45) is 0 Å². The summed E-state index contributed by atoms with van der Waals surface area (Å²) in [6.07, 6.45) is 3.70. The van der Waals surface area contributed by atoms with Gasteiger partial charge in [0.15, 0.2) is 0 Å². The molecule has 0 atom stereocenters. The molecule has 0 radical (unpaired) electrons. The molecule has 0 bridgehead atoms. The summed E-state index contributed by atoms with van der Waals surface area (Å²) in [5, 5.41) is 10.5. The Bertz CT molecular complexity index is 1490. The third-order valence-corrected chi connectivity index (χ3v) is 5.83. The molecule has 0 spiro atoms. The largest absolute Gasteiger partial charge is 0.354 e. The fraction of sp³-hybridized carbons (Fsp3) is 0.111. The van der Waals surface area contributed by atoms with Crippen LogP contribution in [0.15, 0.2) is 85.5 Å². The van der Waals surface area contributed by atoms with Gasteiger partial charge in [-0.15, -0.1) is 0 Å². The van der Waals surface area contributed by atoms with Crippen molar-refractivity contribution in [2.75, 3.05) is 11.9 Å². The van der Waals surface area contributed by atoms with E-state index in [0.717, 1.165) is 33.4 Å². The second kappa shape index (κ2) is 10.2. The van der Waals surface area contributed by atoms with Gasteiger partial charge in [0, 0.05) is 28.7 Å². The topological polar surface area (TPSA) is 105 Å². The van der Waals surface area contributed by atoms with Crippen molar-refractivity contribution in [2.45, 2.75) is 12.8 Å². The minimum Gasteiger partial charge on any atom is -0.354 e. The lowest BCUT2D eigenvalue weighted by molar-refractivity contribution is -0.124. The van der Waals surface area contributed by atoms with Gasteiger partial charge in [0.1, 0.15) is 18.5 Å². The standard InChI is InChI=1S/C27H23FN6O2/c28-19-7-5-18(6-8-19)27-23(22-3-1-2-4-24(22)33-27)13-14-25(35)30-15-26(36)32-20-9-11-21(12-10-20)34-17-29-16-31-34/h1-12,16-17,33H,13-15H2,(H,30,35)(H,32,36). The van der Waals surface area contributed by atoms with E-state index in [2.05, 4.69) is 25.7 Å². The van der Waals surface area contributed by atoms with Crippen LogP contribution in [-0.2, 0) is 16.0 Å². The first-order valence-electron chi connectivity index (χ1n) is 11.4. The summed E-state index contributed by atoms with van der Waals surface area (Å²) in [5.74, 6) is -0.863. The molecule has 0 aliphatic rings. The number of rotatable bonds is 8. The Labute approximate surface area is 206 Å². The van der Waals surface area contributed by atoms with Crippen molar-refractivity contribution in [3.05, 3.63) is 96.8 Å². The summed E-state index contributed by atoms with van der Waals surface area (Å²) in [5.41, 5.74) is 5.05. The Hall–Kier alpha value is -4.79. The van der Waals surface area contributed by atoms with E-state index in [1.807, 2.05) is 36.4 Å². The molecule has 3 aromatic carbocycles. The number of benzene rings is 3. The number of nitrogens with one attached hydrogen (secondary N) is 3. The van der Waals surface area contributed by atoms with E-state index in [-0.39, 0.29) is 30.6 Å². The number of carbonyl (C=O) groups excluding carboxylic acids is 2. The molecule has 0 aliphatic heterocycles. The molecule has 0 saturated heterocycles. The minimum atomic E-state index is -0.323.